The summed E-state index contributed by atoms with van der Waals surface area (Å²) < 4.78 is 10.8. The second kappa shape index (κ2) is 8.01. The number of hydrogen-bond acceptors (Lipinski definition) is 8. The van der Waals surface area contributed by atoms with E-state index >= 15 is 0 Å². The molecule has 1 aromatic heterocycles. The monoisotopic (exact) mass is 357 g/mol. The van der Waals surface area contributed by atoms with Crippen molar-refractivity contribution in [3.8, 4) is 11.5 Å². The Balaban J connectivity index is 1.97. The van der Waals surface area contributed by atoms with Gasteiger partial charge in [-0.15, -0.1) is 0 Å². The minimum absolute atomic E-state index is 0.0318. The molecule has 3 rings (SSSR count). The van der Waals surface area contributed by atoms with Gasteiger partial charge in [0.1, 0.15) is 28.9 Å². The summed E-state index contributed by atoms with van der Waals surface area (Å²) in [7, 11) is 0. The number of phenols is 1. The molecule has 2 aromatic rings. The van der Waals surface area contributed by atoms with Gasteiger partial charge in [0, 0.05) is 30.8 Å². The van der Waals surface area contributed by atoms with Crippen LogP contribution in [0, 0.1) is 6.92 Å². The Morgan fingerprint density at radius 1 is 1.31 bits per heavy atom. The summed E-state index contributed by atoms with van der Waals surface area (Å²) in [6, 6.07) is 6.86. The molecule has 0 saturated carbocycles. The van der Waals surface area contributed by atoms with Crippen LogP contribution < -0.4 is 15.5 Å². The Labute approximate surface area is 152 Å². The molecule has 26 heavy (non-hydrogen) atoms. The van der Waals surface area contributed by atoms with Gasteiger partial charge < -0.3 is 25.3 Å². The molecule has 0 spiro atoms. The van der Waals surface area contributed by atoms with E-state index in [9.17, 15) is 5.11 Å². The zero-order valence-electron chi connectivity index (χ0n) is 15.0. The van der Waals surface area contributed by atoms with Crippen molar-refractivity contribution in [2.45, 2.75) is 13.8 Å². The molecule has 0 atom stereocenters. The summed E-state index contributed by atoms with van der Waals surface area (Å²) in [6.07, 6.45) is 0. The van der Waals surface area contributed by atoms with Crippen molar-refractivity contribution >= 4 is 11.5 Å². The number of nitrogens with zero attached hydrogens (tertiary/aromatic N) is 4. The van der Waals surface area contributed by atoms with Gasteiger partial charge >= 0.3 is 0 Å². The number of ether oxygens (including phenoxy) is 2. The molecule has 1 aliphatic rings. The summed E-state index contributed by atoms with van der Waals surface area (Å²) in [6.45, 7) is 7.07. The minimum atomic E-state index is 0.0318. The number of phenolic OH excluding ortho intramolecular Hbond substituents is 1. The summed E-state index contributed by atoms with van der Waals surface area (Å²) in [5.74, 6) is 7.65. The lowest BCUT2D eigenvalue weighted by Gasteiger charge is -2.28. The van der Waals surface area contributed by atoms with E-state index in [-0.39, 0.29) is 5.75 Å². The molecular weight excluding hydrogens is 334 g/mol. The van der Waals surface area contributed by atoms with Gasteiger partial charge in [0.2, 0.25) is 0 Å². The first kappa shape index (κ1) is 17.9. The molecule has 3 N–H and O–H groups in total. The maximum atomic E-state index is 10.4. The van der Waals surface area contributed by atoms with Gasteiger partial charge in [0.15, 0.2) is 0 Å². The van der Waals surface area contributed by atoms with Crippen LogP contribution >= 0.6 is 0 Å². The van der Waals surface area contributed by atoms with Crippen LogP contribution in [0.4, 0.5) is 5.82 Å². The van der Waals surface area contributed by atoms with Gasteiger partial charge in [-0.3, -0.25) is 0 Å². The zero-order valence-corrected chi connectivity index (χ0v) is 15.0. The van der Waals surface area contributed by atoms with Gasteiger partial charge in [-0.05, 0) is 26.0 Å². The van der Waals surface area contributed by atoms with Crippen LogP contribution in [-0.2, 0) is 4.74 Å². The molecule has 1 aromatic carbocycles. The highest BCUT2D eigenvalue weighted by Crippen LogP contribution is 2.27. The molecule has 0 bridgehead atoms. The second-order valence-corrected chi connectivity index (χ2v) is 5.85. The summed E-state index contributed by atoms with van der Waals surface area (Å²) >= 11 is 0. The highest BCUT2D eigenvalue weighted by molar-refractivity contribution is 6.13. The fourth-order valence-electron chi connectivity index (χ4n) is 2.87. The Hall–Kier alpha value is -2.87. The number of hydrazone groups is 1. The van der Waals surface area contributed by atoms with Gasteiger partial charge in [-0.25, -0.2) is 9.97 Å². The van der Waals surface area contributed by atoms with Crippen LogP contribution in [0.5, 0.6) is 11.5 Å². The Bertz CT molecular complexity index is 803. The summed E-state index contributed by atoms with van der Waals surface area (Å²) in [5.41, 5.74) is 1.44. The molecule has 0 radical (unpaired) electrons. The predicted molar refractivity (Wildman–Crippen MR) is 98.9 cm³/mol. The Morgan fingerprint density at radius 2 is 2.08 bits per heavy atom. The number of morpholine rings is 1. The SMILES string of the molecule is CCOc1ccc(/C(=N\N)c2cc(N3CCOCC3)nc(C)n2)c(O)c1. The topological polar surface area (TPSA) is 106 Å². The maximum Gasteiger partial charge on any atom is 0.133 e. The van der Waals surface area contributed by atoms with Gasteiger partial charge in [-0.2, -0.15) is 5.10 Å². The van der Waals surface area contributed by atoms with Crippen LogP contribution in [0.25, 0.3) is 0 Å². The molecule has 1 aliphatic heterocycles. The minimum Gasteiger partial charge on any atom is -0.507 e. The van der Waals surface area contributed by atoms with E-state index in [1.54, 1.807) is 18.2 Å². The van der Waals surface area contributed by atoms with Crippen LogP contribution in [0.15, 0.2) is 29.4 Å². The van der Waals surface area contributed by atoms with Crippen molar-refractivity contribution in [2.24, 2.45) is 10.9 Å². The van der Waals surface area contributed by atoms with Crippen molar-refractivity contribution in [3.63, 3.8) is 0 Å². The van der Waals surface area contributed by atoms with Crippen LogP contribution in [-0.4, -0.2) is 53.7 Å². The number of aromatic nitrogens is 2. The maximum absolute atomic E-state index is 10.4. The fraction of sp³-hybridized carbons (Fsp3) is 0.389. The van der Waals surface area contributed by atoms with E-state index in [0.29, 0.717) is 48.4 Å². The molecule has 0 unspecified atom stereocenters. The smallest absolute Gasteiger partial charge is 0.133 e. The molecule has 8 heteroatoms. The van der Waals surface area contributed by atoms with E-state index in [1.807, 2.05) is 19.9 Å². The average molecular weight is 357 g/mol. The van der Waals surface area contributed by atoms with Crippen molar-refractivity contribution < 1.29 is 14.6 Å². The second-order valence-electron chi connectivity index (χ2n) is 5.85. The zero-order chi connectivity index (χ0) is 18.5. The van der Waals surface area contributed by atoms with E-state index in [0.717, 1.165) is 18.9 Å². The molecule has 1 fully saturated rings. The third kappa shape index (κ3) is 3.85. The lowest BCUT2D eigenvalue weighted by Crippen LogP contribution is -2.37. The van der Waals surface area contributed by atoms with Crippen molar-refractivity contribution in [1.29, 1.82) is 0 Å². The predicted octanol–water partition coefficient (Wildman–Crippen LogP) is 1.44. The van der Waals surface area contributed by atoms with Gasteiger partial charge in [0.05, 0.1) is 25.5 Å². The highest BCUT2D eigenvalue weighted by atomic mass is 16.5. The summed E-state index contributed by atoms with van der Waals surface area (Å²) in [4.78, 5) is 11.1. The normalized spacial score (nSPS) is 15.2. The van der Waals surface area contributed by atoms with Gasteiger partial charge in [-0.1, -0.05) is 0 Å². The molecule has 8 nitrogen and oxygen atoms in total. The molecule has 0 aliphatic carbocycles. The van der Waals surface area contributed by atoms with E-state index in [2.05, 4.69) is 20.0 Å². The average Bonchev–Trinajstić information content (AvgIpc) is 2.64. The first-order valence-electron chi connectivity index (χ1n) is 8.55. The number of anilines is 1. The first-order valence-corrected chi connectivity index (χ1v) is 8.55. The van der Waals surface area contributed by atoms with Crippen LogP contribution in [0.1, 0.15) is 24.0 Å². The molecule has 0 amide bonds. The van der Waals surface area contributed by atoms with Crippen LogP contribution in [0.2, 0.25) is 0 Å². The quantitative estimate of drug-likeness (QED) is 0.474. The van der Waals surface area contributed by atoms with Gasteiger partial charge in [0.25, 0.3) is 0 Å². The summed E-state index contributed by atoms with van der Waals surface area (Å²) in [5, 5.41) is 14.3. The Morgan fingerprint density at radius 3 is 2.73 bits per heavy atom. The van der Waals surface area contributed by atoms with E-state index in [1.165, 1.54) is 0 Å². The lowest BCUT2D eigenvalue weighted by atomic mass is 10.1. The Kier molecular flexibility index (Phi) is 5.52. The van der Waals surface area contributed by atoms with E-state index in [4.69, 9.17) is 15.3 Å². The largest absolute Gasteiger partial charge is 0.507 e. The lowest BCUT2D eigenvalue weighted by molar-refractivity contribution is 0.122. The molecule has 1 saturated heterocycles. The number of rotatable bonds is 5. The molecule has 138 valence electrons. The molecule has 2 heterocycles. The van der Waals surface area contributed by atoms with Crippen molar-refractivity contribution in [1.82, 2.24) is 9.97 Å². The molecular formula is C18H23N5O3. The van der Waals surface area contributed by atoms with E-state index < -0.39 is 0 Å². The first-order chi connectivity index (χ1) is 12.6. The third-order valence-corrected chi connectivity index (χ3v) is 4.07. The van der Waals surface area contributed by atoms with Crippen molar-refractivity contribution in [2.75, 3.05) is 37.8 Å². The number of nitrogens with two attached hydrogens (primary N) is 1. The fourth-order valence-corrected chi connectivity index (χ4v) is 2.87. The number of hydrogen-bond donors (Lipinski definition) is 2. The number of aryl methyl sites for hydroxylation is 1. The number of aromatic hydroxyl groups is 1. The standard InChI is InChI=1S/C18H23N5O3/c1-3-26-13-4-5-14(16(24)10-13)18(22-19)15-11-17(21-12(2)20-15)23-6-8-25-9-7-23/h4-5,10-11,24H,3,6-9,19H2,1-2H3/b22-18+. The number of benzene rings is 1. The third-order valence-electron chi connectivity index (χ3n) is 4.07. The van der Waals surface area contributed by atoms with Crippen LogP contribution in [0.3, 0.4) is 0 Å². The van der Waals surface area contributed by atoms with Crippen molar-refractivity contribution in [3.05, 3.63) is 41.3 Å². The highest BCUT2D eigenvalue weighted by Gasteiger charge is 2.19.